The summed E-state index contributed by atoms with van der Waals surface area (Å²) in [5.41, 5.74) is 2.35. The molecule has 6 heteroatoms. The smallest absolute Gasteiger partial charge is 0.231 e. The summed E-state index contributed by atoms with van der Waals surface area (Å²) < 4.78 is 5.33. The molecule has 0 aliphatic carbocycles. The molecule has 2 atom stereocenters. The second-order valence-corrected chi connectivity index (χ2v) is 9.46. The van der Waals surface area contributed by atoms with Gasteiger partial charge in [0.05, 0.1) is 12.8 Å². The first kappa shape index (κ1) is 19.8. The van der Waals surface area contributed by atoms with Crippen LogP contribution in [0.5, 0.6) is 5.75 Å². The summed E-state index contributed by atoms with van der Waals surface area (Å²) in [6, 6.07) is 17.9. The quantitative estimate of drug-likeness (QED) is 0.659. The van der Waals surface area contributed by atoms with Crippen LogP contribution in [0.3, 0.4) is 0 Å². The Morgan fingerprint density at radius 3 is 2.52 bits per heavy atom. The highest BCUT2D eigenvalue weighted by Gasteiger charge is 2.55. The summed E-state index contributed by atoms with van der Waals surface area (Å²) in [5.74, 6) is 1.12. The molecule has 1 saturated heterocycles. The summed E-state index contributed by atoms with van der Waals surface area (Å²) in [7, 11) is 1.65. The molecule has 1 fully saturated rings. The lowest BCUT2D eigenvalue weighted by Crippen LogP contribution is -2.61. The van der Waals surface area contributed by atoms with Gasteiger partial charge in [0.1, 0.15) is 11.5 Å². The molecule has 2 aliphatic heterocycles. The predicted octanol–water partition coefficient (Wildman–Crippen LogP) is 4.46. The van der Waals surface area contributed by atoms with Gasteiger partial charge in [-0.1, -0.05) is 56.3 Å². The van der Waals surface area contributed by atoms with Crippen LogP contribution >= 0.6 is 0 Å². The molecule has 2 aromatic carbocycles. The molecule has 0 saturated carbocycles. The van der Waals surface area contributed by atoms with Crippen molar-refractivity contribution in [3.63, 3.8) is 0 Å². The normalized spacial score (nSPS) is 24.5. The van der Waals surface area contributed by atoms with Crippen LogP contribution in [0.4, 0.5) is 5.82 Å². The SMILES string of the molecule is COc1ccc([C@@H]2C[C@]3(O)CC(C)(C)CC(=O)N3c3n[nH]c(-c4ccccc4)c32)cc1. The standard InChI is InChI=1S/C25H27N3O3/c1-24(2)14-20(29)28-23-21(22(26-27-23)17-7-5-4-6-8-17)19(13-25(28,30)15-24)16-9-11-18(31-3)12-10-16/h4-12,19,30H,13-15H2,1-3H3,(H,26,27)/t19-,25-/m0/s1. The minimum Gasteiger partial charge on any atom is -0.497 e. The first-order chi connectivity index (χ1) is 14.8. The largest absolute Gasteiger partial charge is 0.497 e. The second kappa shape index (κ2) is 6.95. The molecule has 2 N–H and O–H groups in total. The fraction of sp³-hybridized carbons (Fsp3) is 0.360. The Morgan fingerprint density at radius 2 is 1.84 bits per heavy atom. The number of benzene rings is 2. The van der Waals surface area contributed by atoms with E-state index < -0.39 is 5.72 Å². The van der Waals surface area contributed by atoms with Crippen LogP contribution in [0, 0.1) is 5.41 Å². The van der Waals surface area contributed by atoms with Crippen molar-refractivity contribution < 1.29 is 14.6 Å². The van der Waals surface area contributed by atoms with Crippen molar-refractivity contribution in [3.05, 3.63) is 65.7 Å². The maximum Gasteiger partial charge on any atom is 0.231 e. The Bertz CT molecular complexity index is 1120. The number of anilines is 1. The number of methoxy groups -OCH3 is 1. The number of carbonyl (C=O) groups excluding carboxylic acids is 1. The van der Waals surface area contributed by atoms with Crippen LogP contribution < -0.4 is 9.64 Å². The van der Waals surface area contributed by atoms with Crippen LogP contribution in [0.1, 0.15) is 50.2 Å². The van der Waals surface area contributed by atoms with Crippen molar-refractivity contribution in [1.29, 1.82) is 0 Å². The first-order valence-corrected chi connectivity index (χ1v) is 10.6. The van der Waals surface area contributed by atoms with E-state index in [2.05, 4.69) is 10.2 Å². The Kier molecular flexibility index (Phi) is 4.45. The number of nitrogens with zero attached hydrogens (tertiary/aromatic N) is 2. The zero-order valence-electron chi connectivity index (χ0n) is 18.1. The van der Waals surface area contributed by atoms with Crippen molar-refractivity contribution in [3.8, 4) is 17.0 Å². The zero-order valence-corrected chi connectivity index (χ0v) is 18.1. The number of hydrogen-bond donors (Lipinski definition) is 2. The maximum absolute atomic E-state index is 13.2. The third-order valence-electron chi connectivity index (χ3n) is 6.51. The number of H-pyrrole nitrogens is 1. The van der Waals surface area contributed by atoms with Crippen LogP contribution in [0.15, 0.2) is 54.6 Å². The molecule has 5 rings (SSSR count). The van der Waals surface area contributed by atoms with Gasteiger partial charge in [-0.3, -0.25) is 14.8 Å². The molecule has 0 bridgehead atoms. The third-order valence-corrected chi connectivity index (χ3v) is 6.51. The fourth-order valence-corrected chi connectivity index (χ4v) is 5.32. The number of hydrogen-bond acceptors (Lipinski definition) is 4. The van der Waals surface area contributed by atoms with Gasteiger partial charge in [-0.15, -0.1) is 0 Å². The minimum absolute atomic E-state index is 0.0840. The monoisotopic (exact) mass is 417 g/mol. The van der Waals surface area contributed by atoms with Crippen LogP contribution in [0.2, 0.25) is 0 Å². The first-order valence-electron chi connectivity index (χ1n) is 10.6. The highest BCUT2D eigenvalue weighted by Crippen LogP contribution is 2.54. The van der Waals surface area contributed by atoms with E-state index in [9.17, 15) is 9.90 Å². The van der Waals surface area contributed by atoms with E-state index in [0.29, 0.717) is 25.1 Å². The lowest BCUT2D eigenvalue weighted by Gasteiger charge is -2.52. The molecular weight excluding hydrogens is 390 g/mol. The average Bonchev–Trinajstić information content (AvgIpc) is 3.16. The Morgan fingerprint density at radius 1 is 1.13 bits per heavy atom. The van der Waals surface area contributed by atoms with Gasteiger partial charge in [0, 0.05) is 30.7 Å². The Balaban J connectivity index is 1.70. The lowest BCUT2D eigenvalue weighted by atomic mass is 9.70. The fourth-order valence-electron chi connectivity index (χ4n) is 5.32. The number of amides is 1. The van der Waals surface area contributed by atoms with Crippen LogP contribution in [-0.4, -0.2) is 34.0 Å². The third kappa shape index (κ3) is 3.22. The van der Waals surface area contributed by atoms with E-state index in [0.717, 1.165) is 28.1 Å². The van der Waals surface area contributed by atoms with Gasteiger partial charge >= 0.3 is 0 Å². The number of ether oxygens (including phenoxy) is 1. The number of nitrogens with one attached hydrogen (secondary N) is 1. The second-order valence-electron chi connectivity index (χ2n) is 9.46. The summed E-state index contributed by atoms with van der Waals surface area (Å²) in [5, 5.41) is 19.5. The number of piperidine rings is 1. The molecule has 1 amide bonds. The van der Waals surface area contributed by atoms with E-state index in [4.69, 9.17) is 4.74 Å². The van der Waals surface area contributed by atoms with Crippen LogP contribution in [-0.2, 0) is 4.79 Å². The molecule has 2 aliphatic rings. The summed E-state index contributed by atoms with van der Waals surface area (Å²) in [4.78, 5) is 14.7. The summed E-state index contributed by atoms with van der Waals surface area (Å²) >= 11 is 0. The molecule has 0 spiro atoms. The van der Waals surface area contributed by atoms with E-state index >= 15 is 0 Å². The lowest BCUT2D eigenvalue weighted by molar-refractivity contribution is -0.135. The molecule has 1 aromatic heterocycles. The van der Waals surface area contributed by atoms with Gasteiger partial charge in [0.15, 0.2) is 5.82 Å². The van der Waals surface area contributed by atoms with Gasteiger partial charge < -0.3 is 9.84 Å². The van der Waals surface area contributed by atoms with E-state index in [1.54, 1.807) is 7.11 Å². The molecule has 0 unspecified atom stereocenters. The maximum atomic E-state index is 13.2. The number of aromatic nitrogens is 2. The van der Waals surface area contributed by atoms with E-state index in [-0.39, 0.29) is 17.2 Å². The molecule has 3 aromatic rings. The van der Waals surface area contributed by atoms with Crippen molar-refractivity contribution >= 4 is 11.7 Å². The van der Waals surface area contributed by atoms with Gasteiger partial charge in [-0.05, 0) is 28.7 Å². The number of carbonyl (C=O) groups is 1. The molecule has 6 nitrogen and oxygen atoms in total. The predicted molar refractivity (Wildman–Crippen MR) is 119 cm³/mol. The van der Waals surface area contributed by atoms with Gasteiger partial charge in [-0.2, -0.15) is 5.10 Å². The number of aromatic amines is 1. The van der Waals surface area contributed by atoms with Gasteiger partial charge in [-0.25, -0.2) is 0 Å². The summed E-state index contributed by atoms with van der Waals surface area (Å²) in [6.07, 6.45) is 1.31. The van der Waals surface area contributed by atoms with Crippen LogP contribution in [0.25, 0.3) is 11.3 Å². The van der Waals surface area contributed by atoms with Gasteiger partial charge in [0.25, 0.3) is 0 Å². The minimum atomic E-state index is -1.28. The molecule has 3 heterocycles. The van der Waals surface area contributed by atoms with Gasteiger partial charge in [0.2, 0.25) is 5.91 Å². The topological polar surface area (TPSA) is 78.5 Å². The number of rotatable bonds is 3. The van der Waals surface area contributed by atoms with Crippen molar-refractivity contribution in [1.82, 2.24) is 10.2 Å². The Hall–Kier alpha value is -3.12. The Labute approximate surface area is 181 Å². The molecule has 160 valence electrons. The van der Waals surface area contributed by atoms with E-state index in [1.165, 1.54) is 4.90 Å². The molecule has 31 heavy (non-hydrogen) atoms. The van der Waals surface area contributed by atoms with Crippen molar-refractivity contribution in [2.45, 2.75) is 44.8 Å². The van der Waals surface area contributed by atoms with E-state index in [1.807, 2.05) is 68.4 Å². The summed E-state index contributed by atoms with van der Waals surface area (Å²) in [6.45, 7) is 4.08. The highest BCUT2D eigenvalue weighted by molar-refractivity contribution is 5.97. The van der Waals surface area contributed by atoms with Crippen molar-refractivity contribution in [2.75, 3.05) is 12.0 Å². The number of aliphatic hydroxyl groups is 1. The molecule has 0 radical (unpaired) electrons. The average molecular weight is 418 g/mol. The molecular formula is C25H27N3O3. The number of fused-ring (bicyclic) bond motifs is 3. The zero-order chi connectivity index (χ0) is 21.8. The highest BCUT2D eigenvalue weighted by atomic mass is 16.5. The van der Waals surface area contributed by atoms with Crippen molar-refractivity contribution in [2.24, 2.45) is 5.41 Å².